The molecular weight excluding hydrogens is 340 g/mol. The minimum Gasteiger partial charge on any atom is -0.355 e. The summed E-state index contributed by atoms with van der Waals surface area (Å²) in [4.78, 5) is 18.9. The van der Waals surface area contributed by atoms with E-state index in [1.807, 2.05) is 18.2 Å². The Morgan fingerprint density at radius 1 is 1.15 bits per heavy atom. The Bertz CT molecular complexity index is 871. The molecule has 4 rings (SSSR count). The molecule has 0 spiro atoms. The fourth-order valence-corrected chi connectivity index (χ4v) is 3.36. The van der Waals surface area contributed by atoms with Crippen LogP contribution < -0.4 is 5.32 Å². The predicted molar refractivity (Wildman–Crippen MR) is 102 cm³/mol. The van der Waals surface area contributed by atoms with E-state index in [1.165, 1.54) is 5.56 Å². The minimum atomic E-state index is -0.185. The second-order valence-electron chi connectivity index (χ2n) is 6.83. The quantitative estimate of drug-likeness (QED) is 0.755. The maximum atomic E-state index is 12.5. The van der Waals surface area contributed by atoms with Crippen LogP contribution in [0.5, 0.6) is 0 Å². The van der Waals surface area contributed by atoms with E-state index in [-0.39, 0.29) is 11.9 Å². The van der Waals surface area contributed by atoms with Crippen LogP contribution in [0.3, 0.4) is 0 Å². The molecular formula is C21H22N4O2. The van der Waals surface area contributed by atoms with Gasteiger partial charge in [0.05, 0.1) is 0 Å². The summed E-state index contributed by atoms with van der Waals surface area (Å²) >= 11 is 0. The fraction of sp³-hybridized carbons (Fsp3) is 0.286. The third-order valence-electron chi connectivity index (χ3n) is 4.86. The van der Waals surface area contributed by atoms with Crippen LogP contribution in [0.4, 0.5) is 0 Å². The summed E-state index contributed by atoms with van der Waals surface area (Å²) in [6.45, 7) is 2.90. The third kappa shape index (κ3) is 4.41. The number of rotatable bonds is 5. The van der Waals surface area contributed by atoms with Crippen LogP contribution in [0, 0.1) is 0 Å². The van der Waals surface area contributed by atoms with Gasteiger partial charge in [0.25, 0.3) is 5.91 Å². The number of nitrogens with one attached hydrogen (secondary N) is 1. The molecule has 6 heteroatoms. The van der Waals surface area contributed by atoms with Gasteiger partial charge in [-0.05, 0) is 30.5 Å². The average Bonchev–Trinajstić information content (AvgIpc) is 3.21. The average molecular weight is 362 g/mol. The highest BCUT2D eigenvalue weighted by Crippen LogP contribution is 2.19. The zero-order valence-electron chi connectivity index (χ0n) is 15.0. The molecule has 1 saturated heterocycles. The smallest absolute Gasteiger partial charge is 0.273 e. The van der Waals surface area contributed by atoms with E-state index in [2.05, 4.69) is 44.6 Å². The number of likely N-dealkylation sites (tertiary alicyclic amines) is 1. The molecule has 138 valence electrons. The monoisotopic (exact) mass is 362 g/mol. The van der Waals surface area contributed by atoms with Crippen molar-refractivity contribution < 1.29 is 9.32 Å². The van der Waals surface area contributed by atoms with Crippen molar-refractivity contribution in [2.45, 2.75) is 25.4 Å². The largest absolute Gasteiger partial charge is 0.355 e. The lowest BCUT2D eigenvalue weighted by Crippen LogP contribution is -2.44. The molecule has 6 nitrogen and oxygen atoms in total. The van der Waals surface area contributed by atoms with E-state index >= 15 is 0 Å². The molecule has 1 amide bonds. The zero-order chi connectivity index (χ0) is 18.5. The lowest BCUT2D eigenvalue weighted by Gasteiger charge is -2.32. The number of pyridine rings is 1. The molecule has 2 aromatic heterocycles. The molecule has 3 aromatic rings. The van der Waals surface area contributed by atoms with Gasteiger partial charge >= 0.3 is 0 Å². The van der Waals surface area contributed by atoms with Crippen LogP contribution in [0.25, 0.3) is 11.3 Å². The predicted octanol–water partition coefficient (Wildman–Crippen LogP) is 3.13. The van der Waals surface area contributed by atoms with E-state index in [4.69, 9.17) is 4.52 Å². The van der Waals surface area contributed by atoms with E-state index in [0.717, 1.165) is 38.0 Å². The molecule has 1 N–H and O–H groups in total. The number of piperidine rings is 1. The SMILES string of the molecule is O=C(NC1CCN(Cc2ccccc2)CC1)c1cc(-c2cccnc2)on1. The van der Waals surface area contributed by atoms with Crippen molar-refractivity contribution in [3.05, 3.63) is 72.2 Å². The van der Waals surface area contributed by atoms with Gasteiger partial charge in [0.2, 0.25) is 0 Å². The van der Waals surface area contributed by atoms with Crippen LogP contribution in [0.1, 0.15) is 28.9 Å². The lowest BCUT2D eigenvalue weighted by molar-refractivity contribution is 0.0900. The molecule has 1 aromatic carbocycles. The van der Waals surface area contributed by atoms with E-state index in [9.17, 15) is 4.79 Å². The van der Waals surface area contributed by atoms with Crippen LogP contribution in [0.2, 0.25) is 0 Å². The second-order valence-corrected chi connectivity index (χ2v) is 6.83. The van der Waals surface area contributed by atoms with Gasteiger partial charge in [0.15, 0.2) is 11.5 Å². The van der Waals surface area contributed by atoms with Crippen molar-refractivity contribution in [2.24, 2.45) is 0 Å². The molecule has 1 fully saturated rings. The Labute approximate surface area is 158 Å². The Hall–Kier alpha value is -2.99. The van der Waals surface area contributed by atoms with Crippen molar-refractivity contribution in [1.29, 1.82) is 0 Å². The highest BCUT2D eigenvalue weighted by Gasteiger charge is 2.22. The zero-order valence-corrected chi connectivity index (χ0v) is 15.0. The van der Waals surface area contributed by atoms with E-state index in [1.54, 1.807) is 18.5 Å². The number of amides is 1. The van der Waals surface area contributed by atoms with Gasteiger partial charge in [-0.1, -0.05) is 35.5 Å². The van der Waals surface area contributed by atoms with Crippen molar-refractivity contribution in [1.82, 2.24) is 20.4 Å². The van der Waals surface area contributed by atoms with E-state index < -0.39 is 0 Å². The molecule has 0 radical (unpaired) electrons. The maximum Gasteiger partial charge on any atom is 0.273 e. The van der Waals surface area contributed by atoms with Gasteiger partial charge in [0, 0.05) is 49.7 Å². The first-order valence-corrected chi connectivity index (χ1v) is 9.22. The highest BCUT2D eigenvalue weighted by molar-refractivity contribution is 5.93. The second kappa shape index (κ2) is 8.14. The number of hydrogen-bond acceptors (Lipinski definition) is 5. The Balaban J connectivity index is 1.29. The lowest BCUT2D eigenvalue weighted by atomic mass is 10.0. The van der Waals surface area contributed by atoms with Gasteiger partial charge in [-0.2, -0.15) is 0 Å². The van der Waals surface area contributed by atoms with Gasteiger partial charge in [0.1, 0.15) is 0 Å². The van der Waals surface area contributed by atoms with Gasteiger partial charge in [-0.3, -0.25) is 14.7 Å². The summed E-state index contributed by atoms with van der Waals surface area (Å²) in [6.07, 6.45) is 5.25. The van der Waals surface area contributed by atoms with Crippen LogP contribution in [-0.4, -0.2) is 40.1 Å². The van der Waals surface area contributed by atoms with Crippen molar-refractivity contribution in [3.63, 3.8) is 0 Å². The molecule has 1 aliphatic rings. The number of carbonyl (C=O) groups is 1. The third-order valence-corrected chi connectivity index (χ3v) is 4.86. The summed E-state index contributed by atoms with van der Waals surface area (Å²) in [5.41, 5.74) is 2.43. The van der Waals surface area contributed by atoms with Gasteiger partial charge in [-0.25, -0.2) is 0 Å². The van der Waals surface area contributed by atoms with Crippen LogP contribution in [0.15, 0.2) is 65.4 Å². The van der Waals surface area contributed by atoms with Gasteiger partial charge in [-0.15, -0.1) is 0 Å². The van der Waals surface area contributed by atoms with Crippen molar-refractivity contribution in [2.75, 3.05) is 13.1 Å². The normalized spacial score (nSPS) is 15.6. The molecule has 0 bridgehead atoms. The number of carbonyl (C=O) groups excluding carboxylic acids is 1. The standard InChI is InChI=1S/C21H22N4O2/c26-21(19-13-20(27-24-19)17-7-4-10-22-14-17)23-18-8-11-25(12-9-18)15-16-5-2-1-3-6-16/h1-7,10,13-14,18H,8-9,11-12,15H2,(H,23,26). The molecule has 0 saturated carbocycles. The Kier molecular flexibility index (Phi) is 5.25. The number of nitrogens with zero attached hydrogens (tertiary/aromatic N) is 3. The molecule has 0 unspecified atom stereocenters. The van der Waals surface area contributed by atoms with Crippen molar-refractivity contribution in [3.8, 4) is 11.3 Å². The molecule has 0 aliphatic carbocycles. The van der Waals surface area contributed by atoms with Crippen molar-refractivity contribution >= 4 is 5.91 Å². The number of hydrogen-bond donors (Lipinski definition) is 1. The maximum absolute atomic E-state index is 12.5. The Morgan fingerprint density at radius 2 is 1.96 bits per heavy atom. The molecule has 1 aliphatic heterocycles. The minimum absolute atomic E-state index is 0.170. The summed E-state index contributed by atoms with van der Waals surface area (Å²) in [5.74, 6) is 0.362. The summed E-state index contributed by atoms with van der Waals surface area (Å²) < 4.78 is 5.29. The molecule has 0 atom stereocenters. The first kappa shape index (κ1) is 17.4. The first-order valence-electron chi connectivity index (χ1n) is 9.22. The summed E-state index contributed by atoms with van der Waals surface area (Å²) in [7, 11) is 0. The number of benzene rings is 1. The van der Waals surface area contributed by atoms with Crippen LogP contribution >= 0.6 is 0 Å². The summed E-state index contributed by atoms with van der Waals surface area (Å²) in [6, 6.07) is 16.0. The number of aromatic nitrogens is 2. The van der Waals surface area contributed by atoms with E-state index in [0.29, 0.717) is 11.5 Å². The first-order chi connectivity index (χ1) is 13.3. The summed E-state index contributed by atoms with van der Waals surface area (Å²) in [5, 5.41) is 6.98. The van der Waals surface area contributed by atoms with Crippen LogP contribution in [-0.2, 0) is 6.54 Å². The highest BCUT2D eigenvalue weighted by atomic mass is 16.5. The topological polar surface area (TPSA) is 71.3 Å². The Morgan fingerprint density at radius 3 is 2.70 bits per heavy atom. The molecule has 27 heavy (non-hydrogen) atoms. The molecule has 3 heterocycles. The fourth-order valence-electron chi connectivity index (χ4n) is 3.36. The van der Waals surface area contributed by atoms with Gasteiger partial charge < -0.3 is 9.84 Å².